The van der Waals surface area contributed by atoms with Crippen molar-refractivity contribution < 1.29 is 9.47 Å². The van der Waals surface area contributed by atoms with Crippen molar-refractivity contribution in [3.63, 3.8) is 0 Å². The molecular formula is C12H16O2. The maximum absolute atomic E-state index is 5.15. The molecule has 0 amide bonds. The molecule has 0 spiro atoms. The topological polar surface area (TPSA) is 18.5 Å². The van der Waals surface area contributed by atoms with Gasteiger partial charge < -0.3 is 9.47 Å². The Bertz CT molecular complexity index is 251. The molecule has 1 unspecified atom stereocenters. The summed E-state index contributed by atoms with van der Waals surface area (Å²) in [6, 6.07) is 0. The molecule has 0 fully saturated rings. The van der Waals surface area contributed by atoms with E-state index in [0.717, 1.165) is 6.42 Å². The number of hydrogen-bond donors (Lipinski definition) is 0. The van der Waals surface area contributed by atoms with Crippen LogP contribution in [0.15, 0.2) is 49.5 Å². The summed E-state index contributed by atoms with van der Waals surface area (Å²) in [5.74, 6) is 0.432. The van der Waals surface area contributed by atoms with E-state index in [9.17, 15) is 0 Å². The van der Waals surface area contributed by atoms with Crippen molar-refractivity contribution in [3.8, 4) is 0 Å². The number of ether oxygens (including phenoxy) is 2. The molecule has 0 saturated carbocycles. The van der Waals surface area contributed by atoms with Crippen LogP contribution in [0.1, 0.15) is 6.42 Å². The van der Waals surface area contributed by atoms with Gasteiger partial charge in [0.1, 0.15) is 6.61 Å². The molecule has 2 heteroatoms. The number of rotatable bonds is 6. The molecule has 1 aliphatic rings. The van der Waals surface area contributed by atoms with E-state index in [2.05, 4.69) is 31.4 Å². The SMILES string of the molecule is C=COCC1=CC(COC=C)CC=C1. The lowest BCUT2D eigenvalue weighted by atomic mass is 9.97. The molecule has 0 aliphatic heterocycles. The van der Waals surface area contributed by atoms with E-state index in [0.29, 0.717) is 19.1 Å². The number of allylic oxidation sites excluding steroid dienone is 1. The highest BCUT2D eigenvalue weighted by molar-refractivity contribution is 5.24. The van der Waals surface area contributed by atoms with Gasteiger partial charge in [0.2, 0.25) is 0 Å². The molecule has 0 saturated heterocycles. The lowest BCUT2D eigenvalue weighted by Gasteiger charge is -2.15. The van der Waals surface area contributed by atoms with Crippen LogP contribution in [0.4, 0.5) is 0 Å². The first kappa shape index (κ1) is 10.6. The summed E-state index contributed by atoms with van der Waals surface area (Å²) < 4.78 is 10.3. The summed E-state index contributed by atoms with van der Waals surface area (Å²) in [6.07, 6.45) is 10.3. The van der Waals surface area contributed by atoms with Gasteiger partial charge in [0.05, 0.1) is 19.1 Å². The van der Waals surface area contributed by atoms with Crippen LogP contribution < -0.4 is 0 Å². The van der Waals surface area contributed by atoms with Gasteiger partial charge >= 0.3 is 0 Å². The minimum Gasteiger partial charge on any atom is -0.501 e. The van der Waals surface area contributed by atoms with E-state index in [1.807, 2.05) is 0 Å². The normalized spacial score (nSPS) is 19.7. The average molecular weight is 192 g/mol. The highest BCUT2D eigenvalue weighted by Crippen LogP contribution is 2.17. The zero-order valence-corrected chi connectivity index (χ0v) is 8.32. The van der Waals surface area contributed by atoms with Crippen LogP contribution in [-0.2, 0) is 9.47 Å². The lowest BCUT2D eigenvalue weighted by molar-refractivity contribution is 0.215. The summed E-state index contributed by atoms with van der Waals surface area (Å²) in [7, 11) is 0. The molecule has 1 rings (SSSR count). The van der Waals surface area contributed by atoms with E-state index in [1.165, 1.54) is 18.1 Å². The largest absolute Gasteiger partial charge is 0.501 e. The predicted molar refractivity (Wildman–Crippen MR) is 57.6 cm³/mol. The quantitative estimate of drug-likeness (QED) is 0.602. The van der Waals surface area contributed by atoms with Crippen LogP contribution in [0.5, 0.6) is 0 Å². The maximum atomic E-state index is 5.15. The van der Waals surface area contributed by atoms with Crippen molar-refractivity contribution in [2.24, 2.45) is 5.92 Å². The summed E-state index contributed by atoms with van der Waals surface area (Å²) in [4.78, 5) is 0. The Hall–Kier alpha value is -1.44. The molecule has 0 bridgehead atoms. The summed E-state index contributed by atoms with van der Waals surface area (Å²) in [5.41, 5.74) is 1.17. The van der Waals surface area contributed by atoms with E-state index in [1.54, 1.807) is 0 Å². The smallest absolute Gasteiger partial charge is 0.112 e. The van der Waals surface area contributed by atoms with E-state index >= 15 is 0 Å². The Labute approximate surface area is 85.2 Å². The van der Waals surface area contributed by atoms with Gasteiger partial charge in [-0.05, 0) is 12.0 Å². The third-order valence-corrected chi connectivity index (χ3v) is 2.02. The second kappa shape index (κ2) is 6.08. The molecular weight excluding hydrogens is 176 g/mol. The van der Waals surface area contributed by atoms with Gasteiger partial charge in [-0.1, -0.05) is 31.4 Å². The molecule has 0 aromatic heterocycles. The molecule has 0 radical (unpaired) electrons. The standard InChI is InChI=1S/C12H16O2/c1-3-13-9-11-6-5-7-12(8-11)10-14-4-2/h3-6,8,12H,1-2,7,9-10H2. The molecule has 0 aromatic rings. The first-order valence-electron chi connectivity index (χ1n) is 4.69. The molecule has 14 heavy (non-hydrogen) atoms. The van der Waals surface area contributed by atoms with Gasteiger partial charge in [-0.2, -0.15) is 0 Å². The third-order valence-electron chi connectivity index (χ3n) is 2.02. The average Bonchev–Trinajstić information content (AvgIpc) is 2.24. The summed E-state index contributed by atoms with van der Waals surface area (Å²) in [5, 5.41) is 0. The van der Waals surface area contributed by atoms with Gasteiger partial charge in [0.15, 0.2) is 0 Å². The molecule has 2 nitrogen and oxygen atoms in total. The van der Waals surface area contributed by atoms with Gasteiger partial charge in [0.25, 0.3) is 0 Å². The zero-order valence-electron chi connectivity index (χ0n) is 8.32. The Morgan fingerprint density at radius 3 is 2.86 bits per heavy atom. The number of hydrogen-bond acceptors (Lipinski definition) is 2. The van der Waals surface area contributed by atoms with E-state index in [4.69, 9.17) is 9.47 Å². The van der Waals surface area contributed by atoms with Crippen LogP contribution in [0.3, 0.4) is 0 Å². The van der Waals surface area contributed by atoms with Crippen molar-refractivity contribution in [2.45, 2.75) is 6.42 Å². The second-order valence-electron chi connectivity index (χ2n) is 3.12. The van der Waals surface area contributed by atoms with Crippen LogP contribution in [0, 0.1) is 5.92 Å². The van der Waals surface area contributed by atoms with Crippen molar-refractivity contribution in [2.75, 3.05) is 13.2 Å². The van der Waals surface area contributed by atoms with E-state index in [-0.39, 0.29) is 0 Å². The van der Waals surface area contributed by atoms with Gasteiger partial charge in [0, 0.05) is 5.92 Å². The highest BCUT2D eigenvalue weighted by atomic mass is 16.5. The van der Waals surface area contributed by atoms with Crippen LogP contribution >= 0.6 is 0 Å². The third kappa shape index (κ3) is 3.52. The summed E-state index contributed by atoms with van der Waals surface area (Å²) >= 11 is 0. The van der Waals surface area contributed by atoms with Crippen LogP contribution in [-0.4, -0.2) is 13.2 Å². The fourth-order valence-corrected chi connectivity index (χ4v) is 1.38. The molecule has 0 N–H and O–H groups in total. The van der Waals surface area contributed by atoms with Crippen molar-refractivity contribution in [3.05, 3.63) is 49.5 Å². The highest BCUT2D eigenvalue weighted by Gasteiger charge is 2.09. The van der Waals surface area contributed by atoms with Crippen molar-refractivity contribution >= 4 is 0 Å². The first-order chi connectivity index (χ1) is 6.86. The monoisotopic (exact) mass is 192 g/mol. The molecule has 1 atom stereocenters. The Morgan fingerprint density at radius 2 is 2.14 bits per heavy atom. The maximum Gasteiger partial charge on any atom is 0.112 e. The minimum atomic E-state index is 0.432. The lowest BCUT2D eigenvalue weighted by Crippen LogP contribution is -2.08. The molecule has 76 valence electrons. The van der Waals surface area contributed by atoms with Crippen molar-refractivity contribution in [1.82, 2.24) is 0 Å². The minimum absolute atomic E-state index is 0.432. The fraction of sp³-hybridized carbons (Fsp3) is 0.333. The van der Waals surface area contributed by atoms with Gasteiger partial charge in [-0.3, -0.25) is 0 Å². The Morgan fingerprint density at radius 1 is 1.36 bits per heavy atom. The van der Waals surface area contributed by atoms with E-state index < -0.39 is 0 Å². The van der Waals surface area contributed by atoms with Gasteiger partial charge in [-0.25, -0.2) is 0 Å². The Kier molecular flexibility index (Phi) is 4.62. The fourth-order valence-electron chi connectivity index (χ4n) is 1.38. The first-order valence-corrected chi connectivity index (χ1v) is 4.69. The molecule has 1 aliphatic carbocycles. The second-order valence-corrected chi connectivity index (χ2v) is 3.12. The van der Waals surface area contributed by atoms with Crippen LogP contribution in [0.2, 0.25) is 0 Å². The molecule has 0 aromatic carbocycles. The Balaban J connectivity index is 2.40. The van der Waals surface area contributed by atoms with Crippen molar-refractivity contribution in [1.29, 1.82) is 0 Å². The van der Waals surface area contributed by atoms with Gasteiger partial charge in [-0.15, -0.1) is 0 Å². The molecule has 0 heterocycles. The summed E-state index contributed by atoms with van der Waals surface area (Å²) in [6.45, 7) is 8.29. The zero-order chi connectivity index (χ0) is 10.2. The predicted octanol–water partition coefficient (Wildman–Crippen LogP) is 2.81. The van der Waals surface area contributed by atoms with Crippen LogP contribution in [0.25, 0.3) is 0 Å².